The summed E-state index contributed by atoms with van der Waals surface area (Å²) >= 11 is 0. The first-order chi connectivity index (χ1) is 16.4. The number of fused-ring (bicyclic) bond motifs is 4. The zero-order valence-electron chi connectivity index (χ0n) is 18.6. The standard InChI is InChI=1S/C25H24N4O5/c1-34-23-7-3-2-5-19(23)26-25(31)17-9-10-21(22(12-17)29(32)33)27-13-16-11-18(15-27)20-6-4-8-24(30)28(20)14-16/h2-10,12,16,18H,11,13-15H2,1H3,(H,26,31)/t16-,18+/m1/s1. The Hall–Kier alpha value is -4.14. The fourth-order valence-corrected chi connectivity index (χ4v) is 5.11. The van der Waals surface area contributed by atoms with Crippen LogP contribution in [0.5, 0.6) is 5.75 Å². The molecule has 5 rings (SSSR count). The number of nitro benzene ring substituents is 1. The number of para-hydroxylation sites is 2. The number of nitrogens with one attached hydrogen (secondary N) is 1. The van der Waals surface area contributed by atoms with Crippen molar-refractivity contribution in [1.82, 2.24) is 4.57 Å². The Kier molecular flexibility index (Phi) is 5.53. The smallest absolute Gasteiger partial charge is 0.293 e. The number of ether oxygens (including phenoxy) is 1. The van der Waals surface area contributed by atoms with E-state index >= 15 is 0 Å². The molecule has 2 bridgehead atoms. The number of nitro groups is 1. The number of nitrogens with zero attached hydrogens (tertiary/aromatic N) is 3. The maximum absolute atomic E-state index is 12.8. The summed E-state index contributed by atoms with van der Waals surface area (Å²) in [6.07, 6.45) is 0.952. The Balaban J connectivity index is 1.43. The number of pyridine rings is 1. The van der Waals surface area contributed by atoms with Gasteiger partial charge in [-0.3, -0.25) is 19.7 Å². The molecule has 1 saturated heterocycles. The van der Waals surface area contributed by atoms with Crippen molar-refractivity contribution < 1.29 is 14.5 Å². The summed E-state index contributed by atoms with van der Waals surface area (Å²) in [7, 11) is 1.51. The maximum Gasteiger partial charge on any atom is 0.293 e. The molecule has 2 aliphatic heterocycles. The van der Waals surface area contributed by atoms with Gasteiger partial charge in [-0.15, -0.1) is 0 Å². The normalized spacial score (nSPS) is 18.7. The second-order valence-electron chi connectivity index (χ2n) is 8.72. The molecule has 3 heterocycles. The highest BCUT2D eigenvalue weighted by Gasteiger charge is 2.36. The maximum atomic E-state index is 12.8. The molecule has 1 amide bonds. The minimum Gasteiger partial charge on any atom is -0.495 e. The quantitative estimate of drug-likeness (QED) is 0.460. The number of carbonyl (C=O) groups excluding carboxylic acids is 1. The van der Waals surface area contributed by atoms with Crippen molar-refractivity contribution >= 4 is 23.0 Å². The molecule has 0 unspecified atom stereocenters. The lowest BCUT2D eigenvalue weighted by Gasteiger charge is -2.43. The Morgan fingerprint density at radius 3 is 2.71 bits per heavy atom. The average molecular weight is 460 g/mol. The molecular formula is C25H24N4O5. The van der Waals surface area contributed by atoms with E-state index < -0.39 is 10.8 Å². The Bertz CT molecular complexity index is 1330. The third-order valence-corrected chi connectivity index (χ3v) is 6.61. The van der Waals surface area contributed by atoms with Crippen molar-refractivity contribution in [2.24, 2.45) is 5.92 Å². The van der Waals surface area contributed by atoms with Gasteiger partial charge in [0.1, 0.15) is 11.4 Å². The van der Waals surface area contributed by atoms with Gasteiger partial charge in [0, 0.05) is 48.9 Å². The number of carbonyl (C=O) groups is 1. The molecule has 2 aromatic carbocycles. The summed E-state index contributed by atoms with van der Waals surface area (Å²) in [6.45, 7) is 1.80. The fourth-order valence-electron chi connectivity index (χ4n) is 5.11. The zero-order valence-corrected chi connectivity index (χ0v) is 18.6. The van der Waals surface area contributed by atoms with Crippen molar-refractivity contribution in [1.29, 1.82) is 0 Å². The van der Waals surface area contributed by atoms with Gasteiger partial charge in [0.15, 0.2) is 0 Å². The molecule has 174 valence electrons. The summed E-state index contributed by atoms with van der Waals surface area (Å²) in [6, 6.07) is 16.9. The third kappa shape index (κ3) is 3.89. The van der Waals surface area contributed by atoms with Crippen LogP contribution in [-0.2, 0) is 6.54 Å². The summed E-state index contributed by atoms with van der Waals surface area (Å²) in [5.41, 5.74) is 2.02. The number of amides is 1. The van der Waals surface area contributed by atoms with E-state index in [1.807, 2.05) is 15.5 Å². The molecule has 3 aromatic rings. The summed E-state index contributed by atoms with van der Waals surface area (Å²) in [4.78, 5) is 38.7. The number of rotatable bonds is 5. The van der Waals surface area contributed by atoms with E-state index in [2.05, 4.69) is 5.32 Å². The number of hydrogen-bond acceptors (Lipinski definition) is 6. The molecule has 1 aromatic heterocycles. The number of hydrogen-bond donors (Lipinski definition) is 1. The van der Waals surface area contributed by atoms with Crippen LogP contribution in [0, 0.1) is 16.0 Å². The molecule has 2 atom stereocenters. The van der Waals surface area contributed by atoms with E-state index in [-0.39, 0.29) is 28.6 Å². The lowest BCUT2D eigenvalue weighted by Crippen LogP contribution is -2.47. The van der Waals surface area contributed by atoms with Crippen LogP contribution in [0.3, 0.4) is 0 Å². The minimum absolute atomic E-state index is 0.00274. The average Bonchev–Trinajstić information content (AvgIpc) is 2.84. The zero-order chi connectivity index (χ0) is 23.8. The van der Waals surface area contributed by atoms with Crippen LogP contribution in [0.4, 0.5) is 17.1 Å². The number of aromatic nitrogens is 1. The highest BCUT2D eigenvalue weighted by atomic mass is 16.6. The van der Waals surface area contributed by atoms with E-state index in [0.717, 1.165) is 12.1 Å². The molecule has 34 heavy (non-hydrogen) atoms. The molecule has 9 nitrogen and oxygen atoms in total. The topological polar surface area (TPSA) is 107 Å². The van der Waals surface area contributed by atoms with Gasteiger partial charge in [-0.2, -0.15) is 0 Å². The molecule has 2 aliphatic rings. The van der Waals surface area contributed by atoms with Gasteiger partial charge in [0.2, 0.25) is 0 Å². The van der Waals surface area contributed by atoms with Gasteiger partial charge in [0.25, 0.3) is 17.2 Å². The van der Waals surface area contributed by atoms with Crippen molar-refractivity contribution in [3.8, 4) is 5.75 Å². The van der Waals surface area contributed by atoms with Crippen molar-refractivity contribution in [3.05, 3.63) is 92.4 Å². The van der Waals surface area contributed by atoms with Crippen LogP contribution < -0.4 is 20.5 Å². The first kappa shape index (κ1) is 21.7. The van der Waals surface area contributed by atoms with Crippen LogP contribution in [0.15, 0.2) is 65.5 Å². The van der Waals surface area contributed by atoms with E-state index in [1.54, 1.807) is 48.5 Å². The SMILES string of the molecule is COc1ccccc1NC(=O)c1ccc(N2C[C@H]3C[C@@H](C2)c2cccc(=O)n2C3)c([N+](=O)[O-])c1. The number of piperidine rings is 1. The molecule has 1 fully saturated rings. The monoisotopic (exact) mass is 460 g/mol. The van der Waals surface area contributed by atoms with Crippen LogP contribution in [0.2, 0.25) is 0 Å². The predicted octanol–water partition coefficient (Wildman–Crippen LogP) is 3.64. The van der Waals surface area contributed by atoms with Crippen LogP contribution in [0.1, 0.15) is 28.4 Å². The van der Waals surface area contributed by atoms with Gasteiger partial charge < -0.3 is 19.5 Å². The minimum atomic E-state index is -0.456. The summed E-state index contributed by atoms with van der Waals surface area (Å²) < 4.78 is 7.09. The van der Waals surface area contributed by atoms with E-state index in [0.29, 0.717) is 36.8 Å². The summed E-state index contributed by atoms with van der Waals surface area (Å²) in [5.74, 6) is 0.387. The lowest BCUT2D eigenvalue weighted by molar-refractivity contribution is -0.384. The largest absolute Gasteiger partial charge is 0.495 e. The third-order valence-electron chi connectivity index (χ3n) is 6.61. The van der Waals surface area contributed by atoms with Gasteiger partial charge in [-0.25, -0.2) is 0 Å². The molecular weight excluding hydrogens is 436 g/mol. The Labute approximate surface area is 195 Å². The molecule has 1 N–H and O–H groups in total. The van der Waals surface area contributed by atoms with Crippen LogP contribution in [-0.4, -0.2) is 35.6 Å². The van der Waals surface area contributed by atoms with E-state index in [1.165, 1.54) is 13.2 Å². The molecule has 0 radical (unpaired) electrons. The second kappa shape index (κ2) is 8.66. The highest BCUT2D eigenvalue weighted by Crippen LogP contribution is 2.40. The van der Waals surface area contributed by atoms with Crippen molar-refractivity contribution in [2.75, 3.05) is 30.4 Å². The first-order valence-electron chi connectivity index (χ1n) is 11.1. The lowest BCUT2D eigenvalue weighted by atomic mass is 9.83. The molecule has 9 heteroatoms. The Morgan fingerprint density at radius 1 is 1.09 bits per heavy atom. The predicted molar refractivity (Wildman–Crippen MR) is 128 cm³/mol. The number of benzene rings is 2. The molecule has 0 saturated carbocycles. The Morgan fingerprint density at radius 2 is 1.91 bits per heavy atom. The highest BCUT2D eigenvalue weighted by molar-refractivity contribution is 6.05. The summed E-state index contributed by atoms with van der Waals surface area (Å²) in [5, 5.41) is 14.7. The van der Waals surface area contributed by atoms with Crippen molar-refractivity contribution in [3.63, 3.8) is 0 Å². The molecule has 0 spiro atoms. The second-order valence-corrected chi connectivity index (χ2v) is 8.72. The fraction of sp³-hybridized carbons (Fsp3) is 0.280. The molecule has 0 aliphatic carbocycles. The van der Waals surface area contributed by atoms with E-state index in [9.17, 15) is 19.7 Å². The number of methoxy groups -OCH3 is 1. The van der Waals surface area contributed by atoms with Crippen LogP contribution in [0.25, 0.3) is 0 Å². The van der Waals surface area contributed by atoms with E-state index in [4.69, 9.17) is 4.74 Å². The van der Waals surface area contributed by atoms with Crippen LogP contribution >= 0.6 is 0 Å². The first-order valence-corrected chi connectivity index (χ1v) is 11.1. The van der Waals surface area contributed by atoms with Gasteiger partial charge >= 0.3 is 0 Å². The van der Waals surface area contributed by atoms with Gasteiger partial charge in [0.05, 0.1) is 17.7 Å². The number of anilines is 2. The van der Waals surface area contributed by atoms with Gasteiger partial charge in [-0.05, 0) is 42.7 Å². The van der Waals surface area contributed by atoms with Crippen molar-refractivity contribution in [2.45, 2.75) is 18.9 Å². The van der Waals surface area contributed by atoms with Gasteiger partial charge in [-0.1, -0.05) is 18.2 Å².